The molecule has 0 aliphatic carbocycles. The molecular weight excluding hydrogens is 406 g/mol. The van der Waals surface area contributed by atoms with Crippen molar-refractivity contribution in [3.05, 3.63) is 0 Å². The van der Waals surface area contributed by atoms with Crippen molar-refractivity contribution in [2.45, 2.75) is 69.7 Å². The first-order valence-corrected chi connectivity index (χ1v) is 10.7. The molecule has 0 aromatic heterocycles. The Labute approximate surface area is 181 Å². The molecule has 3 N–H and O–H groups in total. The van der Waals surface area contributed by atoms with Crippen molar-refractivity contribution in [1.82, 2.24) is 20.0 Å². The number of hydrogen-bond acceptors (Lipinski definition) is 7. The Morgan fingerprint density at radius 1 is 1.03 bits per heavy atom. The third-order valence-corrected chi connectivity index (χ3v) is 6.34. The van der Waals surface area contributed by atoms with Crippen molar-refractivity contribution in [3.63, 3.8) is 0 Å². The van der Waals surface area contributed by atoms with E-state index in [1.807, 2.05) is 0 Å². The molecule has 3 fully saturated rings. The summed E-state index contributed by atoms with van der Waals surface area (Å²) in [7, 11) is 1.51. The fourth-order valence-corrected chi connectivity index (χ4v) is 4.38. The molecule has 0 bridgehead atoms. The molecule has 11 nitrogen and oxygen atoms in total. The highest BCUT2D eigenvalue weighted by atomic mass is 16.5. The van der Waals surface area contributed by atoms with Crippen LogP contribution in [0.3, 0.4) is 0 Å². The molecule has 3 aliphatic rings. The molecule has 4 amide bonds. The average Bonchev–Trinajstić information content (AvgIpc) is 3.37. The van der Waals surface area contributed by atoms with Crippen LogP contribution >= 0.6 is 0 Å². The summed E-state index contributed by atoms with van der Waals surface area (Å²) < 4.78 is 5.28. The minimum atomic E-state index is -0.906. The maximum Gasteiger partial charge on any atom is 0.328 e. The lowest BCUT2D eigenvalue weighted by molar-refractivity contribution is -0.156. The zero-order valence-corrected chi connectivity index (χ0v) is 18.2. The van der Waals surface area contributed by atoms with E-state index in [0.717, 1.165) is 0 Å². The van der Waals surface area contributed by atoms with Crippen LogP contribution < -0.4 is 11.1 Å². The lowest BCUT2D eigenvalue weighted by atomic mass is 10.1. The molecule has 0 saturated carbocycles. The Bertz CT molecular complexity index is 773. The molecular formula is C20H31N5O6. The minimum absolute atomic E-state index is 0.0571. The van der Waals surface area contributed by atoms with E-state index in [-0.39, 0.29) is 43.8 Å². The molecule has 3 rings (SSSR count). The number of fused-ring (bicyclic) bond motifs is 2. The normalized spacial score (nSPS) is 33.9. The van der Waals surface area contributed by atoms with Crippen molar-refractivity contribution in [2.24, 2.45) is 5.73 Å². The number of nitrogens with two attached hydrogens (primary N) is 1. The van der Waals surface area contributed by atoms with Crippen LogP contribution in [0.15, 0.2) is 0 Å². The number of carbonyl (C=O) groups excluding carboxylic acids is 5. The molecule has 0 spiro atoms. The summed E-state index contributed by atoms with van der Waals surface area (Å²) >= 11 is 0. The molecule has 5 atom stereocenters. The van der Waals surface area contributed by atoms with E-state index in [2.05, 4.69) is 5.32 Å². The number of cyclic esters (lactones) is 1. The van der Waals surface area contributed by atoms with Crippen molar-refractivity contribution in [1.29, 1.82) is 0 Å². The number of ether oxygens (including phenoxy) is 1. The van der Waals surface area contributed by atoms with Gasteiger partial charge in [-0.05, 0) is 33.1 Å². The standard InChI is InChI=1S/C20H31N5O6/c1-11-18(28)25-10-13(21)9-15(25)20(30)31-8-6-16(26)24-7-4-5-14(24)19(29)23(3)12(2)17(27)22-11/h11-15H,4-10,21H2,1-3H3,(H,22,27)/t11-,12-,13-,14-,15-/m0/s1. The number of rotatable bonds is 0. The molecule has 0 radical (unpaired) electrons. The van der Waals surface area contributed by atoms with E-state index in [9.17, 15) is 24.0 Å². The Kier molecular flexibility index (Phi) is 6.83. The van der Waals surface area contributed by atoms with E-state index in [1.165, 1.54) is 28.7 Å². The Morgan fingerprint density at radius 2 is 1.74 bits per heavy atom. The Morgan fingerprint density at radius 3 is 2.45 bits per heavy atom. The average molecular weight is 437 g/mol. The largest absolute Gasteiger partial charge is 0.464 e. The van der Waals surface area contributed by atoms with E-state index >= 15 is 0 Å². The highest BCUT2D eigenvalue weighted by Crippen LogP contribution is 2.22. The van der Waals surface area contributed by atoms with Crippen molar-refractivity contribution < 1.29 is 28.7 Å². The van der Waals surface area contributed by atoms with Gasteiger partial charge in [-0.1, -0.05) is 0 Å². The summed E-state index contributed by atoms with van der Waals surface area (Å²) in [5.74, 6) is -2.19. The van der Waals surface area contributed by atoms with Crippen LogP contribution in [0.4, 0.5) is 0 Å². The summed E-state index contributed by atoms with van der Waals surface area (Å²) in [5.41, 5.74) is 5.97. The van der Waals surface area contributed by atoms with Gasteiger partial charge in [0.15, 0.2) is 0 Å². The SMILES string of the molecule is C[C@@H]1NC(=O)[C@H](C)N(C)C(=O)[C@@H]2CCCN2C(=O)CCOC(=O)[C@@H]2C[C@H](N)CN2C1=O. The summed E-state index contributed by atoms with van der Waals surface area (Å²) in [4.78, 5) is 68.0. The molecule has 0 aromatic rings. The predicted octanol–water partition coefficient (Wildman–Crippen LogP) is -1.80. The molecule has 0 aromatic carbocycles. The van der Waals surface area contributed by atoms with Crippen LogP contribution in [-0.2, 0) is 28.7 Å². The van der Waals surface area contributed by atoms with Gasteiger partial charge in [-0.15, -0.1) is 0 Å². The number of nitrogens with zero attached hydrogens (tertiary/aromatic N) is 3. The molecule has 11 heteroatoms. The van der Waals surface area contributed by atoms with Gasteiger partial charge in [0, 0.05) is 26.2 Å². The molecule has 172 valence electrons. The van der Waals surface area contributed by atoms with E-state index in [1.54, 1.807) is 6.92 Å². The number of carbonyl (C=O) groups is 5. The summed E-state index contributed by atoms with van der Waals surface area (Å²) in [5, 5.41) is 2.63. The van der Waals surface area contributed by atoms with Gasteiger partial charge >= 0.3 is 5.97 Å². The topological polar surface area (TPSA) is 142 Å². The van der Waals surface area contributed by atoms with Crippen LogP contribution in [0.1, 0.15) is 39.5 Å². The predicted molar refractivity (Wildman–Crippen MR) is 108 cm³/mol. The van der Waals surface area contributed by atoms with Crippen LogP contribution in [0.25, 0.3) is 0 Å². The van der Waals surface area contributed by atoms with Crippen molar-refractivity contribution >= 4 is 29.6 Å². The fourth-order valence-electron chi connectivity index (χ4n) is 4.38. The monoisotopic (exact) mass is 437 g/mol. The lowest BCUT2D eigenvalue weighted by Gasteiger charge is -2.32. The summed E-state index contributed by atoms with van der Waals surface area (Å²) in [6.45, 7) is 3.57. The summed E-state index contributed by atoms with van der Waals surface area (Å²) in [6, 6.07) is -3.64. The van der Waals surface area contributed by atoms with Gasteiger partial charge < -0.3 is 30.5 Å². The van der Waals surface area contributed by atoms with Crippen LogP contribution in [-0.4, -0.2) is 101 Å². The van der Waals surface area contributed by atoms with E-state index in [4.69, 9.17) is 10.5 Å². The first-order valence-electron chi connectivity index (χ1n) is 10.7. The molecule has 3 aliphatic heterocycles. The second kappa shape index (κ2) is 9.21. The van der Waals surface area contributed by atoms with Gasteiger partial charge in [0.1, 0.15) is 30.8 Å². The first-order chi connectivity index (χ1) is 14.6. The zero-order valence-electron chi connectivity index (χ0n) is 18.2. The van der Waals surface area contributed by atoms with Crippen molar-refractivity contribution in [2.75, 3.05) is 26.7 Å². The van der Waals surface area contributed by atoms with Crippen molar-refractivity contribution in [3.8, 4) is 0 Å². The minimum Gasteiger partial charge on any atom is -0.464 e. The maximum absolute atomic E-state index is 13.0. The Balaban J connectivity index is 1.86. The maximum atomic E-state index is 13.0. The molecule has 3 saturated heterocycles. The third-order valence-electron chi connectivity index (χ3n) is 6.34. The highest BCUT2D eigenvalue weighted by Gasteiger charge is 2.42. The van der Waals surface area contributed by atoms with Gasteiger partial charge in [-0.3, -0.25) is 19.2 Å². The van der Waals surface area contributed by atoms with Gasteiger partial charge in [-0.2, -0.15) is 0 Å². The Hall–Kier alpha value is -2.69. The van der Waals surface area contributed by atoms with Crippen LogP contribution in [0.5, 0.6) is 0 Å². The smallest absolute Gasteiger partial charge is 0.328 e. The number of esters is 1. The first kappa shape index (κ1) is 23.0. The van der Waals surface area contributed by atoms with E-state index < -0.39 is 42.0 Å². The number of likely N-dealkylation sites (N-methyl/N-ethyl adjacent to an activating group) is 1. The molecule has 0 unspecified atom stereocenters. The lowest BCUT2D eigenvalue weighted by Crippen LogP contribution is -2.56. The number of hydrogen-bond donors (Lipinski definition) is 2. The molecule has 31 heavy (non-hydrogen) atoms. The number of nitrogens with one attached hydrogen (secondary N) is 1. The molecule has 3 heterocycles. The summed E-state index contributed by atoms with van der Waals surface area (Å²) in [6.07, 6.45) is 1.38. The second-order valence-electron chi connectivity index (χ2n) is 8.52. The van der Waals surface area contributed by atoms with Crippen LogP contribution in [0.2, 0.25) is 0 Å². The second-order valence-corrected chi connectivity index (χ2v) is 8.52. The quantitative estimate of drug-likeness (QED) is 0.426. The van der Waals surface area contributed by atoms with Gasteiger partial charge in [-0.25, -0.2) is 4.79 Å². The van der Waals surface area contributed by atoms with Gasteiger partial charge in [0.25, 0.3) is 0 Å². The third kappa shape index (κ3) is 4.65. The highest BCUT2D eigenvalue weighted by molar-refractivity contribution is 5.95. The van der Waals surface area contributed by atoms with Gasteiger partial charge in [0.05, 0.1) is 6.42 Å². The fraction of sp³-hybridized carbons (Fsp3) is 0.750. The zero-order chi connectivity index (χ0) is 22.9. The number of amides is 4. The van der Waals surface area contributed by atoms with Gasteiger partial charge in [0.2, 0.25) is 23.6 Å². The van der Waals surface area contributed by atoms with E-state index in [0.29, 0.717) is 19.4 Å². The van der Waals surface area contributed by atoms with Crippen LogP contribution in [0, 0.1) is 0 Å².